The van der Waals surface area contributed by atoms with E-state index in [1.54, 1.807) is 11.3 Å². The van der Waals surface area contributed by atoms with Gasteiger partial charge < -0.3 is 10.1 Å². The zero-order valence-corrected chi connectivity index (χ0v) is 13.1. The van der Waals surface area contributed by atoms with Crippen LogP contribution in [0.4, 0.5) is 0 Å². The van der Waals surface area contributed by atoms with E-state index in [1.807, 2.05) is 0 Å². The number of nitrogens with zero attached hydrogens (tertiary/aromatic N) is 1. The first-order valence-corrected chi connectivity index (χ1v) is 8.90. The second-order valence-corrected chi connectivity index (χ2v) is 7.42. The van der Waals surface area contributed by atoms with E-state index in [9.17, 15) is 0 Å². The van der Waals surface area contributed by atoms with Crippen LogP contribution >= 0.6 is 11.3 Å². The molecule has 3 nitrogen and oxygen atoms in total. The van der Waals surface area contributed by atoms with E-state index in [-0.39, 0.29) is 11.7 Å². The Balaban J connectivity index is 1.59. The van der Waals surface area contributed by atoms with Crippen molar-refractivity contribution < 1.29 is 4.74 Å². The maximum atomic E-state index is 6.60. The van der Waals surface area contributed by atoms with E-state index in [4.69, 9.17) is 9.72 Å². The Morgan fingerprint density at radius 3 is 2.76 bits per heavy atom. The van der Waals surface area contributed by atoms with E-state index < -0.39 is 0 Å². The van der Waals surface area contributed by atoms with Gasteiger partial charge in [0.2, 0.25) is 0 Å². The Morgan fingerprint density at radius 2 is 1.95 bits per heavy atom. The highest BCUT2D eigenvalue weighted by Crippen LogP contribution is 2.38. The van der Waals surface area contributed by atoms with E-state index in [1.165, 1.54) is 43.2 Å². The Morgan fingerprint density at radius 1 is 1.14 bits per heavy atom. The van der Waals surface area contributed by atoms with Gasteiger partial charge in [-0.1, -0.05) is 37.8 Å². The topological polar surface area (TPSA) is 34.1 Å². The second-order valence-electron chi connectivity index (χ2n) is 6.35. The molecule has 2 heterocycles. The summed E-state index contributed by atoms with van der Waals surface area (Å²) >= 11 is 1.78. The van der Waals surface area contributed by atoms with Gasteiger partial charge in [-0.05, 0) is 25.0 Å². The van der Waals surface area contributed by atoms with E-state index in [0.29, 0.717) is 0 Å². The van der Waals surface area contributed by atoms with Crippen LogP contribution < -0.4 is 5.32 Å². The first-order valence-electron chi connectivity index (χ1n) is 8.09. The molecule has 1 aromatic heterocycles. The number of nitrogens with one attached hydrogen (secondary N) is 1. The Hall–Kier alpha value is -0.970. The number of thiazole rings is 1. The molecule has 2 aromatic rings. The van der Waals surface area contributed by atoms with Crippen LogP contribution in [0.3, 0.4) is 0 Å². The van der Waals surface area contributed by atoms with Crippen LogP contribution in [-0.2, 0) is 4.74 Å². The first-order chi connectivity index (χ1) is 10.3. The quantitative estimate of drug-likeness (QED) is 0.863. The van der Waals surface area contributed by atoms with Gasteiger partial charge in [0.25, 0.3) is 0 Å². The summed E-state index contributed by atoms with van der Waals surface area (Å²) in [5, 5.41) is 4.74. The van der Waals surface area contributed by atoms with Crippen LogP contribution in [0.25, 0.3) is 10.2 Å². The van der Waals surface area contributed by atoms with Gasteiger partial charge in [-0.3, -0.25) is 0 Å². The number of ether oxygens (including phenoxy) is 1. The summed E-state index contributed by atoms with van der Waals surface area (Å²) in [5.41, 5.74) is 1.15. The summed E-state index contributed by atoms with van der Waals surface area (Å²) in [5.74, 6) is 0. The van der Waals surface area contributed by atoms with Crippen molar-refractivity contribution in [1.82, 2.24) is 10.3 Å². The lowest BCUT2D eigenvalue weighted by atomic mass is 9.92. The predicted molar refractivity (Wildman–Crippen MR) is 86.7 cm³/mol. The number of morpholine rings is 1. The van der Waals surface area contributed by atoms with Gasteiger partial charge in [-0.25, -0.2) is 4.98 Å². The molecule has 0 radical (unpaired) electrons. The molecular formula is C17H22N2OS. The van der Waals surface area contributed by atoms with Crippen molar-refractivity contribution in [2.24, 2.45) is 0 Å². The molecule has 1 unspecified atom stereocenters. The summed E-state index contributed by atoms with van der Waals surface area (Å²) in [6.45, 7) is 1.90. The number of rotatable bonds is 1. The van der Waals surface area contributed by atoms with Gasteiger partial charge >= 0.3 is 0 Å². The van der Waals surface area contributed by atoms with Crippen molar-refractivity contribution in [3.63, 3.8) is 0 Å². The third kappa shape index (κ3) is 2.72. The molecule has 1 saturated heterocycles. The van der Waals surface area contributed by atoms with Gasteiger partial charge in [0.1, 0.15) is 11.1 Å². The van der Waals surface area contributed by atoms with Gasteiger partial charge in [0.15, 0.2) is 0 Å². The summed E-state index contributed by atoms with van der Waals surface area (Å²) in [6, 6.07) is 8.37. The SMILES string of the molecule is c1ccc2sc(C3CNCC4(CCCCCC4)O3)nc2c1. The highest BCUT2D eigenvalue weighted by Gasteiger charge is 2.38. The molecule has 21 heavy (non-hydrogen) atoms. The zero-order chi connectivity index (χ0) is 14.1. The minimum absolute atomic E-state index is 0.0528. The summed E-state index contributed by atoms with van der Waals surface area (Å²) < 4.78 is 7.86. The Labute approximate surface area is 129 Å². The number of para-hydroxylation sites is 1. The van der Waals surface area contributed by atoms with Crippen molar-refractivity contribution in [1.29, 1.82) is 0 Å². The van der Waals surface area contributed by atoms with E-state index in [0.717, 1.165) is 23.6 Å². The van der Waals surface area contributed by atoms with E-state index >= 15 is 0 Å². The maximum Gasteiger partial charge on any atom is 0.124 e. The third-order valence-corrected chi connectivity index (χ3v) is 5.90. The minimum atomic E-state index is 0.0528. The van der Waals surface area contributed by atoms with E-state index in [2.05, 4.69) is 29.6 Å². The van der Waals surface area contributed by atoms with Gasteiger partial charge in [-0.15, -0.1) is 11.3 Å². The molecule has 1 aliphatic heterocycles. The largest absolute Gasteiger partial charge is 0.362 e. The van der Waals surface area contributed by atoms with Crippen molar-refractivity contribution in [3.8, 4) is 0 Å². The molecule has 4 heteroatoms. The van der Waals surface area contributed by atoms with Crippen molar-refractivity contribution in [2.75, 3.05) is 13.1 Å². The minimum Gasteiger partial charge on any atom is -0.362 e. The average molecular weight is 302 g/mol. The number of hydrogen-bond acceptors (Lipinski definition) is 4. The highest BCUT2D eigenvalue weighted by molar-refractivity contribution is 7.18. The summed E-state index contributed by atoms with van der Waals surface area (Å²) in [6.07, 6.45) is 7.83. The molecule has 2 fully saturated rings. The zero-order valence-electron chi connectivity index (χ0n) is 12.3. The maximum absolute atomic E-state index is 6.60. The highest BCUT2D eigenvalue weighted by atomic mass is 32.1. The van der Waals surface area contributed by atoms with Gasteiger partial charge in [-0.2, -0.15) is 0 Å². The summed E-state index contributed by atoms with van der Waals surface area (Å²) in [4.78, 5) is 4.79. The van der Waals surface area contributed by atoms with Crippen LogP contribution in [0, 0.1) is 0 Å². The fourth-order valence-electron chi connectivity index (χ4n) is 3.65. The fraction of sp³-hybridized carbons (Fsp3) is 0.588. The van der Waals surface area contributed by atoms with Crippen LogP contribution in [0.5, 0.6) is 0 Å². The number of aromatic nitrogens is 1. The lowest BCUT2D eigenvalue weighted by Gasteiger charge is -2.41. The molecule has 1 aliphatic carbocycles. The third-order valence-electron chi connectivity index (χ3n) is 4.77. The standard InChI is InChI=1S/C17H22N2OS/c1-2-6-10-17(9-5-1)12-18-11-14(20-17)16-19-13-7-3-4-8-15(13)21-16/h3-4,7-8,14,18H,1-2,5-6,9-12H2. The van der Waals surface area contributed by atoms with Crippen LogP contribution in [0.1, 0.15) is 49.6 Å². The lowest BCUT2D eigenvalue weighted by molar-refractivity contribution is -0.126. The lowest BCUT2D eigenvalue weighted by Crippen LogP contribution is -2.50. The van der Waals surface area contributed by atoms with Crippen molar-refractivity contribution in [3.05, 3.63) is 29.3 Å². The van der Waals surface area contributed by atoms with Gasteiger partial charge in [0.05, 0.1) is 15.8 Å². The first kappa shape index (κ1) is 13.7. The molecule has 112 valence electrons. The number of hydrogen-bond donors (Lipinski definition) is 1. The fourth-order valence-corrected chi connectivity index (χ4v) is 4.65. The average Bonchev–Trinajstić information content (AvgIpc) is 2.83. The van der Waals surface area contributed by atoms with Crippen LogP contribution in [0.2, 0.25) is 0 Å². The summed E-state index contributed by atoms with van der Waals surface area (Å²) in [7, 11) is 0. The Bertz CT molecular complexity index is 583. The van der Waals surface area contributed by atoms with Crippen LogP contribution in [0.15, 0.2) is 24.3 Å². The molecule has 2 aliphatic rings. The molecule has 0 bridgehead atoms. The number of benzene rings is 1. The molecule has 1 saturated carbocycles. The molecular weight excluding hydrogens is 280 g/mol. The molecule has 4 rings (SSSR count). The molecule has 0 amide bonds. The normalized spacial score (nSPS) is 26.0. The molecule has 1 aromatic carbocycles. The molecule has 1 N–H and O–H groups in total. The van der Waals surface area contributed by atoms with Crippen molar-refractivity contribution >= 4 is 21.6 Å². The smallest absolute Gasteiger partial charge is 0.124 e. The van der Waals surface area contributed by atoms with Gasteiger partial charge in [0, 0.05) is 13.1 Å². The Kier molecular flexibility index (Phi) is 3.69. The molecule has 1 spiro atoms. The van der Waals surface area contributed by atoms with Crippen molar-refractivity contribution in [2.45, 2.75) is 50.2 Å². The second kappa shape index (κ2) is 5.67. The monoisotopic (exact) mass is 302 g/mol. The predicted octanol–water partition coefficient (Wildman–Crippen LogP) is 4.05. The number of fused-ring (bicyclic) bond motifs is 1. The van der Waals surface area contributed by atoms with Crippen LogP contribution in [-0.4, -0.2) is 23.7 Å². The molecule has 1 atom stereocenters.